The Morgan fingerprint density at radius 3 is 2.50 bits per heavy atom. The van der Waals surface area contributed by atoms with E-state index in [1.54, 1.807) is 0 Å². The van der Waals surface area contributed by atoms with Crippen molar-refractivity contribution in [3.05, 3.63) is 12.3 Å². The smallest absolute Gasteiger partial charge is 0.310 e. The van der Waals surface area contributed by atoms with Crippen LogP contribution in [-0.4, -0.2) is 36.2 Å². The third kappa shape index (κ3) is 3.18. The Hall–Kier alpha value is -1.41. The molecule has 1 heterocycles. The predicted molar refractivity (Wildman–Crippen MR) is 71.5 cm³/mol. The molecule has 1 saturated carbocycles. The van der Waals surface area contributed by atoms with Crippen molar-refractivity contribution < 1.29 is 18.3 Å². The van der Waals surface area contributed by atoms with Crippen LogP contribution in [0.4, 0.5) is 0 Å². The molecule has 3 N–H and O–H groups in total. The number of carboxylic acid groups (broad SMARTS) is 1. The van der Waals surface area contributed by atoms with Gasteiger partial charge in [0.1, 0.15) is 0 Å². The van der Waals surface area contributed by atoms with Crippen LogP contribution >= 0.6 is 0 Å². The molecule has 0 saturated heterocycles. The number of aliphatic carboxylic acids is 1. The fourth-order valence-corrected chi connectivity index (χ4v) is 3.61. The standard InChI is InChI=1S/C12H19N3O4S/c16-11(17)12(6-3-1-2-4-7-12)9-14-20(18,19)10-5-8-13-15-10/h5,8,14H,1-4,6-7,9H2,(H,13,15)(H,16,17). The third-order valence-corrected chi connectivity index (χ3v) is 5.21. The lowest BCUT2D eigenvalue weighted by atomic mass is 9.80. The molecule has 8 heteroatoms. The Morgan fingerprint density at radius 1 is 1.35 bits per heavy atom. The van der Waals surface area contributed by atoms with E-state index >= 15 is 0 Å². The van der Waals surface area contributed by atoms with Crippen molar-refractivity contribution in [2.75, 3.05) is 6.54 Å². The SMILES string of the molecule is O=C(O)C1(CNS(=O)(=O)c2ccn[nH]2)CCCCCC1. The van der Waals surface area contributed by atoms with Gasteiger partial charge in [-0.25, -0.2) is 13.1 Å². The van der Waals surface area contributed by atoms with Gasteiger partial charge in [0, 0.05) is 6.54 Å². The quantitative estimate of drug-likeness (QED) is 0.705. The van der Waals surface area contributed by atoms with E-state index in [2.05, 4.69) is 14.9 Å². The number of aromatic amines is 1. The second kappa shape index (κ2) is 5.92. The Bertz CT molecular complexity index is 545. The molecule has 0 aromatic carbocycles. The molecule has 112 valence electrons. The van der Waals surface area contributed by atoms with Crippen LogP contribution < -0.4 is 4.72 Å². The van der Waals surface area contributed by atoms with Crippen LogP contribution in [-0.2, 0) is 14.8 Å². The zero-order valence-corrected chi connectivity index (χ0v) is 11.9. The summed E-state index contributed by atoms with van der Waals surface area (Å²) in [5.74, 6) is -0.924. The van der Waals surface area contributed by atoms with Crippen LogP contribution in [0.2, 0.25) is 0 Å². The molecule has 1 aromatic heterocycles. The van der Waals surface area contributed by atoms with E-state index in [9.17, 15) is 18.3 Å². The number of sulfonamides is 1. The highest BCUT2D eigenvalue weighted by molar-refractivity contribution is 7.89. The molecule has 0 amide bonds. The molecule has 0 bridgehead atoms. The first-order valence-electron chi connectivity index (χ1n) is 6.69. The van der Waals surface area contributed by atoms with Crippen LogP contribution in [0.3, 0.4) is 0 Å². The van der Waals surface area contributed by atoms with E-state index in [-0.39, 0.29) is 11.6 Å². The summed E-state index contributed by atoms with van der Waals surface area (Å²) in [6, 6.07) is 1.34. The number of hydrogen-bond donors (Lipinski definition) is 3. The molecule has 0 radical (unpaired) electrons. The van der Waals surface area contributed by atoms with Crippen molar-refractivity contribution in [2.24, 2.45) is 5.41 Å². The number of nitrogens with zero attached hydrogens (tertiary/aromatic N) is 1. The lowest BCUT2D eigenvalue weighted by Gasteiger charge is -2.27. The normalized spacial score (nSPS) is 19.4. The van der Waals surface area contributed by atoms with E-state index < -0.39 is 21.4 Å². The second-order valence-electron chi connectivity index (χ2n) is 5.25. The predicted octanol–water partition coefficient (Wildman–Crippen LogP) is 1.11. The molecular formula is C12H19N3O4S. The number of hydrogen-bond acceptors (Lipinski definition) is 4. The first kappa shape index (κ1) is 15.0. The molecule has 7 nitrogen and oxygen atoms in total. The third-order valence-electron chi connectivity index (χ3n) is 3.88. The highest BCUT2D eigenvalue weighted by Crippen LogP contribution is 2.35. The summed E-state index contributed by atoms with van der Waals surface area (Å²) in [7, 11) is -3.73. The van der Waals surface area contributed by atoms with Gasteiger partial charge in [-0.2, -0.15) is 5.10 Å². The van der Waals surface area contributed by atoms with E-state index in [4.69, 9.17) is 0 Å². The monoisotopic (exact) mass is 301 g/mol. The number of rotatable bonds is 5. The zero-order valence-electron chi connectivity index (χ0n) is 11.1. The van der Waals surface area contributed by atoms with Crippen LogP contribution in [0.25, 0.3) is 0 Å². The Kier molecular flexibility index (Phi) is 4.44. The molecule has 0 aliphatic heterocycles. The average molecular weight is 301 g/mol. The summed E-state index contributed by atoms with van der Waals surface area (Å²) >= 11 is 0. The highest BCUT2D eigenvalue weighted by Gasteiger charge is 2.39. The summed E-state index contributed by atoms with van der Waals surface area (Å²) in [6.07, 6.45) is 6.00. The van der Waals surface area contributed by atoms with E-state index in [1.807, 2.05) is 0 Å². The average Bonchev–Trinajstić information content (AvgIpc) is 2.83. The number of aromatic nitrogens is 2. The molecule has 2 rings (SSSR count). The van der Waals surface area contributed by atoms with Gasteiger partial charge in [-0.15, -0.1) is 0 Å². The van der Waals surface area contributed by atoms with Crippen LogP contribution in [0, 0.1) is 5.41 Å². The second-order valence-corrected chi connectivity index (χ2v) is 6.98. The topological polar surface area (TPSA) is 112 Å². The lowest BCUT2D eigenvalue weighted by molar-refractivity contribution is -0.149. The Labute approximate surface area is 117 Å². The molecule has 1 aliphatic carbocycles. The van der Waals surface area contributed by atoms with E-state index in [0.717, 1.165) is 25.7 Å². The van der Waals surface area contributed by atoms with Gasteiger partial charge in [-0.3, -0.25) is 9.89 Å². The molecule has 0 spiro atoms. The largest absolute Gasteiger partial charge is 0.481 e. The first-order valence-corrected chi connectivity index (χ1v) is 8.17. The Balaban J connectivity index is 2.11. The van der Waals surface area contributed by atoms with Crippen molar-refractivity contribution in [3.8, 4) is 0 Å². The molecule has 0 unspecified atom stereocenters. The van der Waals surface area contributed by atoms with E-state index in [1.165, 1.54) is 12.3 Å². The molecular weight excluding hydrogens is 282 g/mol. The molecule has 0 atom stereocenters. The summed E-state index contributed by atoms with van der Waals surface area (Å²) in [6.45, 7) is -0.0797. The van der Waals surface area contributed by atoms with Gasteiger partial charge in [0.25, 0.3) is 10.0 Å². The summed E-state index contributed by atoms with van der Waals surface area (Å²) in [4.78, 5) is 11.6. The molecule has 20 heavy (non-hydrogen) atoms. The Morgan fingerprint density at radius 2 is 2.00 bits per heavy atom. The van der Waals surface area contributed by atoms with E-state index in [0.29, 0.717) is 12.8 Å². The van der Waals surface area contributed by atoms with Crippen molar-refractivity contribution in [1.82, 2.24) is 14.9 Å². The van der Waals surface area contributed by atoms with Crippen molar-refractivity contribution in [3.63, 3.8) is 0 Å². The van der Waals surface area contributed by atoms with Crippen molar-refractivity contribution in [2.45, 2.75) is 43.6 Å². The van der Waals surface area contributed by atoms with Gasteiger partial charge in [-0.05, 0) is 18.9 Å². The summed E-state index contributed by atoms with van der Waals surface area (Å²) in [5.41, 5.74) is -0.996. The first-order chi connectivity index (χ1) is 9.46. The maximum absolute atomic E-state index is 12.0. The van der Waals surface area contributed by atoms with Gasteiger partial charge in [0.2, 0.25) is 0 Å². The number of carboxylic acids is 1. The van der Waals surface area contributed by atoms with Gasteiger partial charge >= 0.3 is 5.97 Å². The minimum atomic E-state index is -3.73. The van der Waals surface area contributed by atoms with Gasteiger partial charge < -0.3 is 5.11 Å². The number of carbonyl (C=O) groups is 1. The minimum Gasteiger partial charge on any atom is -0.481 e. The van der Waals surface area contributed by atoms with Crippen LogP contribution in [0.1, 0.15) is 38.5 Å². The highest BCUT2D eigenvalue weighted by atomic mass is 32.2. The van der Waals surface area contributed by atoms with Crippen LogP contribution in [0.5, 0.6) is 0 Å². The fourth-order valence-electron chi connectivity index (χ4n) is 2.58. The number of H-pyrrole nitrogens is 1. The summed E-state index contributed by atoms with van der Waals surface area (Å²) in [5, 5.41) is 15.4. The summed E-state index contributed by atoms with van der Waals surface area (Å²) < 4.78 is 26.4. The van der Waals surface area contributed by atoms with Crippen molar-refractivity contribution in [1.29, 1.82) is 0 Å². The molecule has 1 aliphatic rings. The number of nitrogens with one attached hydrogen (secondary N) is 2. The molecule has 1 fully saturated rings. The lowest BCUT2D eigenvalue weighted by Crippen LogP contribution is -2.42. The van der Waals surface area contributed by atoms with Gasteiger partial charge in [-0.1, -0.05) is 25.7 Å². The maximum Gasteiger partial charge on any atom is 0.310 e. The maximum atomic E-state index is 12.0. The zero-order chi connectivity index (χ0) is 14.6. The van der Waals surface area contributed by atoms with Gasteiger partial charge in [0.05, 0.1) is 11.6 Å². The van der Waals surface area contributed by atoms with Crippen LogP contribution in [0.15, 0.2) is 17.3 Å². The minimum absolute atomic E-state index is 0.0494. The molecule has 1 aromatic rings. The van der Waals surface area contributed by atoms with Crippen molar-refractivity contribution >= 4 is 16.0 Å². The fraction of sp³-hybridized carbons (Fsp3) is 0.667. The van der Waals surface area contributed by atoms with Gasteiger partial charge in [0.15, 0.2) is 5.03 Å².